The second-order valence-electron chi connectivity index (χ2n) is 2.70. The van der Waals surface area contributed by atoms with Crippen LogP contribution < -0.4 is 0 Å². The van der Waals surface area contributed by atoms with Crippen LogP contribution in [-0.2, 0) is 11.2 Å². The number of carboxylic acid groups (broad SMARTS) is 1. The largest absolute Gasteiger partial charge is 0.481 e. The summed E-state index contributed by atoms with van der Waals surface area (Å²) in [6.45, 7) is 0. The van der Waals surface area contributed by atoms with Crippen molar-refractivity contribution in [2.75, 3.05) is 0 Å². The Labute approximate surface area is 82.4 Å². The molecule has 0 atom stereocenters. The standard InChI is InChI=1S/C9H4F3NO2/c10-6-1-4(2-7(14)15)8(11)9(12)5(6)3-13/h1H,2H2,(H,14,15). The van der Waals surface area contributed by atoms with Gasteiger partial charge >= 0.3 is 5.97 Å². The lowest BCUT2D eigenvalue weighted by Crippen LogP contribution is -2.07. The summed E-state index contributed by atoms with van der Waals surface area (Å²) < 4.78 is 38.9. The first kappa shape index (κ1) is 11.0. The average molecular weight is 215 g/mol. The number of carboxylic acids is 1. The van der Waals surface area contributed by atoms with Crippen molar-refractivity contribution in [1.82, 2.24) is 0 Å². The SMILES string of the molecule is N#Cc1c(F)cc(CC(=O)O)c(F)c1F. The summed E-state index contributed by atoms with van der Waals surface area (Å²) in [5, 5.41) is 16.6. The van der Waals surface area contributed by atoms with Gasteiger partial charge in [-0.2, -0.15) is 5.26 Å². The molecule has 0 bridgehead atoms. The molecule has 6 heteroatoms. The first-order chi connectivity index (χ1) is 6.97. The van der Waals surface area contributed by atoms with Gasteiger partial charge in [-0.15, -0.1) is 0 Å². The van der Waals surface area contributed by atoms with E-state index in [1.54, 1.807) is 0 Å². The van der Waals surface area contributed by atoms with E-state index in [2.05, 4.69) is 0 Å². The Balaban J connectivity index is 3.35. The molecular formula is C9H4F3NO2. The van der Waals surface area contributed by atoms with Crippen LogP contribution in [0.15, 0.2) is 6.07 Å². The number of aliphatic carboxylic acids is 1. The van der Waals surface area contributed by atoms with Crippen molar-refractivity contribution in [2.24, 2.45) is 0 Å². The van der Waals surface area contributed by atoms with E-state index in [1.165, 1.54) is 0 Å². The fourth-order valence-electron chi connectivity index (χ4n) is 1.04. The number of nitrogens with zero attached hydrogens (tertiary/aromatic N) is 1. The van der Waals surface area contributed by atoms with Crippen LogP contribution in [0.2, 0.25) is 0 Å². The predicted octanol–water partition coefficient (Wildman–Crippen LogP) is 1.60. The first-order valence-corrected chi connectivity index (χ1v) is 3.75. The smallest absolute Gasteiger partial charge is 0.307 e. The van der Waals surface area contributed by atoms with Gasteiger partial charge in [0, 0.05) is 5.56 Å². The average Bonchev–Trinajstić information content (AvgIpc) is 2.14. The molecule has 15 heavy (non-hydrogen) atoms. The van der Waals surface area contributed by atoms with Crippen molar-refractivity contribution in [3.63, 3.8) is 0 Å². The molecule has 0 heterocycles. The Morgan fingerprint density at radius 3 is 2.47 bits per heavy atom. The summed E-state index contributed by atoms with van der Waals surface area (Å²) in [6, 6.07) is 1.65. The summed E-state index contributed by atoms with van der Waals surface area (Å²) in [4.78, 5) is 10.2. The fraction of sp³-hybridized carbons (Fsp3) is 0.111. The highest BCUT2D eigenvalue weighted by molar-refractivity contribution is 5.70. The zero-order chi connectivity index (χ0) is 11.6. The van der Waals surface area contributed by atoms with E-state index in [-0.39, 0.29) is 0 Å². The van der Waals surface area contributed by atoms with Crippen molar-refractivity contribution in [2.45, 2.75) is 6.42 Å². The lowest BCUT2D eigenvalue weighted by molar-refractivity contribution is -0.136. The zero-order valence-corrected chi connectivity index (χ0v) is 7.22. The Morgan fingerprint density at radius 2 is 2.00 bits per heavy atom. The summed E-state index contributed by atoms with van der Waals surface area (Å²) >= 11 is 0. The number of carbonyl (C=O) groups is 1. The molecule has 0 amide bonds. The van der Waals surface area contributed by atoms with Crippen molar-refractivity contribution < 1.29 is 23.1 Å². The minimum Gasteiger partial charge on any atom is -0.481 e. The van der Waals surface area contributed by atoms with Gasteiger partial charge in [-0.25, -0.2) is 13.2 Å². The quantitative estimate of drug-likeness (QED) is 0.762. The summed E-state index contributed by atoms with van der Waals surface area (Å²) in [7, 11) is 0. The second kappa shape index (κ2) is 4.00. The monoisotopic (exact) mass is 215 g/mol. The Kier molecular flexibility index (Phi) is 2.95. The maximum atomic E-state index is 13.0. The van der Waals surface area contributed by atoms with Crippen molar-refractivity contribution in [3.8, 4) is 6.07 Å². The highest BCUT2D eigenvalue weighted by Crippen LogP contribution is 2.19. The zero-order valence-electron chi connectivity index (χ0n) is 7.22. The van der Waals surface area contributed by atoms with Crippen LogP contribution in [0.4, 0.5) is 13.2 Å². The summed E-state index contributed by atoms with van der Waals surface area (Å²) in [6.07, 6.45) is -0.842. The molecule has 1 aromatic carbocycles. The minimum atomic E-state index is -1.66. The topological polar surface area (TPSA) is 61.1 Å². The lowest BCUT2D eigenvalue weighted by Gasteiger charge is -2.03. The molecular weight excluding hydrogens is 211 g/mol. The van der Waals surface area contributed by atoms with E-state index in [9.17, 15) is 18.0 Å². The molecule has 1 N–H and O–H groups in total. The Bertz CT molecular complexity index is 465. The molecule has 0 aliphatic rings. The summed E-state index contributed by atoms with van der Waals surface area (Å²) in [5.41, 5.74) is -1.68. The highest BCUT2D eigenvalue weighted by Gasteiger charge is 2.19. The highest BCUT2D eigenvalue weighted by atomic mass is 19.2. The molecule has 0 saturated heterocycles. The van der Waals surface area contributed by atoms with Gasteiger partial charge < -0.3 is 5.11 Å². The molecule has 0 aromatic heterocycles. The van der Waals surface area contributed by atoms with E-state index in [1.807, 2.05) is 0 Å². The normalized spacial score (nSPS) is 9.73. The van der Waals surface area contributed by atoms with Gasteiger partial charge in [0.05, 0.1) is 6.42 Å². The second-order valence-corrected chi connectivity index (χ2v) is 2.70. The number of benzene rings is 1. The van der Waals surface area contributed by atoms with Gasteiger partial charge in [0.2, 0.25) is 0 Å². The number of hydrogen-bond acceptors (Lipinski definition) is 2. The number of nitriles is 1. The van der Waals surface area contributed by atoms with Gasteiger partial charge in [0.1, 0.15) is 17.4 Å². The number of halogens is 3. The molecule has 0 saturated carbocycles. The molecule has 78 valence electrons. The van der Waals surface area contributed by atoms with Crippen molar-refractivity contribution in [3.05, 3.63) is 34.6 Å². The summed E-state index contributed by atoms with van der Waals surface area (Å²) in [5.74, 6) is -5.85. The molecule has 0 fully saturated rings. The maximum Gasteiger partial charge on any atom is 0.307 e. The fourth-order valence-corrected chi connectivity index (χ4v) is 1.04. The number of hydrogen-bond donors (Lipinski definition) is 1. The minimum absolute atomic E-state index is 0.505. The van der Waals surface area contributed by atoms with Crippen LogP contribution in [0.5, 0.6) is 0 Å². The molecule has 3 nitrogen and oxygen atoms in total. The van der Waals surface area contributed by atoms with E-state index in [0.29, 0.717) is 6.07 Å². The van der Waals surface area contributed by atoms with Gasteiger partial charge in [-0.1, -0.05) is 0 Å². The van der Waals surface area contributed by atoms with Crippen LogP contribution in [-0.4, -0.2) is 11.1 Å². The Hall–Kier alpha value is -2.03. The molecule has 0 aliphatic carbocycles. The van der Waals surface area contributed by atoms with Crippen molar-refractivity contribution >= 4 is 5.97 Å². The van der Waals surface area contributed by atoms with E-state index >= 15 is 0 Å². The van der Waals surface area contributed by atoms with Gasteiger partial charge in [0.15, 0.2) is 11.6 Å². The van der Waals surface area contributed by atoms with E-state index < -0.39 is 41.0 Å². The van der Waals surface area contributed by atoms with Crippen LogP contribution >= 0.6 is 0 Å². The van der Waals surface area contributed by atoms with Gasteiger partial charge in [-0.3, -0.25) is 4.79 Å². The molecule has 0 radical (unpaired) electrons. The van der Waals surface area contributed by atoms with Crippen LogP contribution in [0.3, 0.4) is 0 Å². The maximum absolute atomic E-state index is 13.0. The third-order valence-corrected chi connectivity index (χ3v) is 1.69. The van der Waals surface area contributed by atoms with E-state index in [4.69, 9.17) is 10.4 Å². The van der Waals surface area contributed by atoms with Gasteiger partial charge in [-0.05, 0) is 6.07 Å². The molecule has 0 unspecified atom stereocenters. The molecule has 1 rings (SSSR count). The lowest BCUT2D eigenvalue weighted by atomic mass is 10.1. The molecule has 0 aliphatic heterocycles. The molecule has 1 aromatic rings. The van der Waals surface area contributed by atoms with Crippen LogP contribution in [0.1, 0.15) is 11.1 Å². The van der Waals surface area contributed by atoms with Gasteiger partial charge in [0.25, 0.3) is 0 Å². The van der Waals surface area contributed by atoms with Crippen LogP contribution in [0.25, 0.3) is 0 Å². The third kappa shape index (κ3) is 2.07. The third-order valence-electron chi connectivity index (χ3n) is 1.69. The first-order valence-electron chi connectivity index (χ1n) is 3.75. The Morgan fingerprint density at radius 1 is 1.40 bits per heavy atom. The van der Waals surface area contributed by atoms with Crippen molar-refractivity contribution in [1.29, 1.82) is 5.26 Å². The van der Waals surface area contributed by atoms with E-state index in [0.717, 1.165) is 6.07 Å². The predicted molar refractivity (Wildman–Crippen MR) is 42.4 cm³/mol. The molecule has 0 spiro atoms. The van der Waals surface area contributed by atoms with Crippen LogP contribution in [0, 0.1) is 28.8 Å². The number of rotatable bonds is 2.